The van der Waals surface area contributed by atoms with E-state index in [0.717, 1.165) is 25.1 Å². The molecule has 1 N–H and O–H groups in total. The zero-order valence-electron chi connectivity index (χ0n) is 18.0. The summed E-state index contributed by atoms with van der Waals surface area (Å²) in [6.45, 7) is 4.33. The van der Waals surface area contributed by atoms with Gasteiger partial charge in [-0.2, -0.15) is 4.98 Å². The van der Waals surface area contributed by atoms with Crippen molar-refractivity contribution in [1.29, 1.82) is 0 Å². The maximum Gasteiger partial charge on any atom is 0.241 e. The quantitative estimate of drug-likeness (QED) is 0.578. The van der Waals surface area contributed by atoms with Crippen molar-refractivity contribution in [3.63, 3.8) is 0 Å². The summed E-state index contributed by atoms with van der Waals surface area (Å²) in [6.07, 6.45) is 1.77. The van der Waals surface area contributed by atoms with Crippen molar-refractivity contribution in [1.82, 2.24) is 20.4 Å². The number of hydrogen-bond acceptors (Lipinski definition) is 6. The molecule has 0 spiro atoms. The van der Waals surface area contributed by atoms with Gasteiger partial charge in [-0.05, 0) is 62.7 Å². The lowest BCUT2D eigenvalue weighted by atomic mass is 9.97. The number of para-hydroxylation sites is 1. The Morgan fingerprint density at radius 2 is 2.03 bits per heavy atom. The molecule has 0 bridgehead atoms. The van der Waals surface area contributed by atoms with E-state index in [9.17, 15) is 9.18 Å². The summed E-state index contributed by atoms with van der Waals surface area (Å²) in [6, 6.07) is 15.4. The third kappa shape index (κ3) is 5.91. The Morgan fingerprint density at radius 1 is 1.25 bits per heavy atom. The number of benzene rings is 2. The first-order chi connectivity index (χ1) is 15.6. The van der Waals surface area contributed by atoms with Crippen molar-refractivity contribution in [3.8, 4) is 17.1 Å². The van der Waals surface area contributed by atoms with Gasteiger partial charge in [0, 0.05) is 12.1 Å². The second-order valence-corrected chi connectivity index (χ2v) is 8.13. The van der Waals surface area contributed by atoms with Crippen LogP contribution < -0.4 is 10.1 Å². The van der Waals surface area contributed by atoms with Crippen LogP contribution in [0.2, 0.25) is 0 Å². The number of hydrogen-bond donors (Lipinski definition) is 1. The van der Waals surface area contributed by atoms with E-state index in [-0.39, 0.29) is 23.7 Å². The molecule has 1 aromatic heterocycles. The molecule has 1 fully saturated rings. The van der Waals surface area contributed by atoms with Gasteiger partial charge < -0.3 is 14.6 Å². The van der Waals surface area contributed by atoms with Gasteiger partial charge in [0.15, 0.2) is 0 Å². The summed E-state index contributed by atoms with van der Waals surface area (Å²) < 4.78 is 24.2. The number of nitrogens with zero attached hydrogens (tertiary/aromatic N) is 3. The zero-order valence-corrected chi connectivity index (χ0v) is 18.0. The Hall–Kier alpha value is -3.26. The largest absolute Gasteiger partial charge is 0.491 e. The van der Waals surface area contributed by atoms with Crippen molar-refractivity contribution < 1.29 is 18.4 Å². The maximum atomic E-state index is 13.1. The standard InChI is InChI=1S/C24H27FN4O3/c1-17(16-31-21-7-3-2-4-8-21)26-24(30)19-6-5-13-29(14-19)15-22-27-23(28-32-22)18-9-11-20(25)12-10-18/h2-4,7-12,17,19H,5-6,13-16H2,1H3,(H,26,30). The maximum absolute atomic E-state index is 13.1. The number of rotatable bonds is 8. The monoisotopic (exact) mass is 438 g/mol. The number of ether oxygens (including phenoxy) is 1. The SMILES string of the molecule is CC(COc1ccccc1)NC(=O)C1CCCN(Cc2nc(-c3ccc(F)cc3)no2)C1. The average Bonchev–Trinajstić information content (AvgIpc) is 3.27. The molecule has 1 amide bonds. The van der Waals surface area contributed by atoms with Crippen LogP contribution in [-0.2, 0) is 11.3 Å². The highest BCUT2D eigenvalue weighted by molar-refractivity contribution is 5.79. The fourth-order valence-corrected chi connectivity index (χ4v) is 3.78. The van der Waals surface area contributed by atoms with Crippen LogP contribution in [0, 0.1) is 11.7 Å². The smallest absolute Gasteiger partial charge is 0.241 e. The van der Waals surface area contributed by atoms with E-state index < -0.39 is 0 Å². The average molecular weight is 439 g/mol. The van der Waals surface area contributed by atoms with Gasteiger partial charge in [-0.3, -0.25) is 9.69 Å². The van der Waals surface area contributed by atoms with E-state index >= 15 is 0 Å². The molecule has 8 heteroatoms. The number of carbonyl (C=O) groups is 1. The fourth-order valence-electron chi connectivity index (χ4n) is 3.78. The Bertz CT molecular complexity index is 1010. The molecule has 1 aliphatic heterocycles. The lowest BCUT2D eigenvalue weighted by Crippen LogP contribution is -2.46. The second-order valence-electron chi connectivity index (χ2n) is 8.13. The molecule has 32 heavy (non-hydrogen) atoms. The van der Waals surface area contributed by atoms with Crippen LogP contribution in [0.4, 0.5) is 4.39 Å². The van der Waals surface area contributed by atoms with Gasteiger partial charge >= 0.3 is 0 Å². The van der Waals surface area contributed by atoms with Crippen molar-refractivity contribution in [2.45, 2.75) is 32.4 Å². The molecule has 2 heterocycles. The first-order valence-electron chi connectivity index (χ1n) is 10.9. The van der Waals surface area contributed by atoms with Gasteiger partial charge in [-0.25, -0.2) is 4.39 Å². The van der Waals surface area contributed by atoms with Crippen LogP contribution in [0.25, 0.3) is 11.4 Å². The van der Waals surface area contributed by atoms with E-state index in [1.54, 1.807) is 12.1 Å². The summed E-state index contributed by atoms with van der Waals surface area (Å²) >= 11 is 0. The predicted octanol–water partition coefficient (Wildman–Crippen LogP) is 3.67. The molecule has 4 rings (SSSR count). The number of carbonyl (C=O) groups excluding carboxylic acids is 1. The number of amides is 1. The molecule has 1 aliphatic rings. The van der Waals surface area contributed by atoms with E-state index in [2.05, 4.69) is 20.4 Å². The highest BCUT2D eigenvalue weighted by Gasteiger charge is 2.27. The molecule has 0 aliphatic carbocycles. The first-order valence-corrected chi connectivity index (χ1v) is 10.9. The highest BCUT2D eigenvalue weighted by Crippen LogP contribution is 2.21. The lowest BCUT2D eigenvalue weighted by molar-refractivity contribution is -0.127. The van der Waals surface area contributed by atoms with Crippen LogP contribution in [0.15, 0.2) is 59.1 Å². The summed E-state index contributed by atoms with van der Waals surface area (Å²) in [5.41, 5.74) is 0.698. The van der Waals surface area contributed by atoms with Crippen molar-refractivity contribution >= 4 is 5.91 Å². The minimum Gasteiger partial charge on any atom is -0.491 e. The number of piperidine rings is 1. The number of nitrogens with one attached hydrogen (secondary N) is 1. The van der Waals surface area contributed by atoms with E-state index in [0.29, 0.717) is 37.0 Å². The Kier molecular flexibility index (Phi) is 7.11. The molecule has 3 aromatic rings. The lowest BCUT2D eigenvalue weighted by Gasteiger charge is -2.31. The topological polar surface area (TPSA) is 80.5 Å². The summed E-state index contributed by atoms with van der Waals surface area (Å²) in [7, 11) is 0. The van der Waals surface area contributed by atoms with Gasteiger partial charge in [-0.1, -0.05) is 23.4 Å². The fraction of sp³-hybridized carbons (Fsp3) is 0.375. The van der Waals surface area contributed by atoms with Gasteiger partial charge in [-0.15, -0.1) is 0 Å². The highest BCUT2D eigenvalue weighted by atomic mass is 19.1. The molecular weight excluding hydrogens is 411 g/mol. The molecule has 2 unspecified atom stereocenters. The van der Waals surface area contributed by atoms with E-state index in [4.69, 9.17) is 9.26 Å². The summed E-state index contributed by atoms with van der Waals surface area (Å²) in [5.74, 6) is 1.33. The van der Waals surface area contributed by atoms with Gasteiger partial charge in [0.1, 0.15) is 18.2 Å². The van der Waals surface area contributed by atoms with Gasteiger partial charge in [0.2, 0.25) is 17.6 Å². The molecule has 168 valence electrons. The second kappa shape index (κ2) is 10.4. The number of likely N-dealkylation sites (tertiary alicyclic amines) is 1. The van der Waals surface area contributed by atoms with Gasteiger partial charge in [0.05, 0.1) is 18.5 Å². The van der Waals surface area contributed by atoms with Crippen LogP contribution >= 0.6 is 0 Å². The number of halogens is 1. The third-order valence-corrected chi connectivity index (χ3v) is 5.44. The Balaban J connectivity index is 1.26. The minimum absolute atomic E-state index is 0.0383. The molecule has 1 saturated heterocycles. The van der Waals surface area contributed by atoms with Crippen molar-refractivity contribution in [3.05, 3.63) is 66.3 Å². The molecule has 2 aromatic carbocycles. The van der Waals surface area contributed by atoms with Crippen LogP contribution in [0.5, 0.6) is 5.75 Å². The normalized spacial score (nSPS) is 17.6. The van der Waals surface area contributed by atoms with Crippen LogP contribution in [0.1, 0.15) is 25.7 Å². The van der Waals surface area contributed by atoms with Crippen molar-refractivity contribution in [2.75, 3.05) is 19.7 Å². The summed E-state index contributed by atoms with van der Waals surface area (Å²) in [4.78, 5) is 19.3. The van der Waals surface area contributed by atoms with Crippen LogP contribution in [-0.4, -0.2) is 46.7 Å². The third-order valence-electron chi connectivity index (χ3n) is 5.44. The van der Waals surface area contributed by atoms with E-state index in [1.165, 1.54) is 12.1 Å². The summed E-state index contributed by atoms with van der Waals surface area (Å²) in [5, 5.41) is 7.05. The Labute approximate surface area is 186 Å². The minimum atomic E-state index is -0.309. The Morgan fingerprint density at radius 3 is 2.81 bits per heavy atom. The number of aromatic nitrogens is 2. The van der Waals surface area contributed by atoms with Crippen molar-refractivity contribution in [2.24, 2.45) is 5.92 Å². The molecule has 0 saturated carbocycles. The zero-order chi connectivity index (χ0) is 22.3. The first kappa shape index (κ1) is 22.0. The molecule has 2 atom stereocenters. The molecule has 0 radical (unpaired) electrons. The van der Waals surface area contributed by atoms with Crippen LogP contribution in [0.3, 0.4) is 0 Å². The van der Waals surface area contributed by atoms with Gasteiger partial charge in [0.25, 0.3) is 0 Å². The molecular formula is C24H27FN4O3. The molecule has 7 nitrogen and oxygen atoms in total. The predicted molar refractivity (Wildman–Crippen MR) is 117 cm³/mol. The van der Waals surface area contributed by atoms with E-state index in [1.807, 2.05) is 37.3 Å².